The third-order valence-corrected chi connectivity index (χ3v) is 2.96. The number of hydrogen-bond acceptors (Lipinski definition) is 4. The van der Waals surface area contributed by atoms with Crippen molar-refractivity contribution in [1.82, 2.24) is 4.90 Å². The lowest BCUT2D eigenvalue weighted by molar-refractivity contribution is -0.144. The molecule has 1 amide bonds. The average molecular weight is 281 g/mol. The third kappa shape index (κ3) is 4.71. The Balaban J connectivity index is 2.37. The number of hydrogen-bond donors (Lipinski definition) is 1. The molecule has 0 bridgehead atoms. The first kappa shape index (κ1) is 15.8. The first-order valence-electron chi connectivity index (χ1n) is 5.85. The molecule has 1 heterocycles. The molecule has 1 N–H and O–H groups in total. The number of nitrogens with zero attached hydrogens (tertiary/aromatic N) is 1. The molecule has 0 radical (unpaired) electrons. The Labute approximate surface area is 109 Å². The minimum atomic E-state index is -2.56. The van der Waals surface area contributed by atoms with E-state index in [1.54, 1.807) is 0 Å². The molecule has 8 heteroatoms. The molecule has 1 rings (SSSR count). The fourth-order valence-electron chi connectivity index (χ4n) is 1.85. The van der Waals surface area contributed by atoms with Crippen LogP contribution in [0, 0.1) is 5.92 Å². The van der Waals surface area contributed by atoms with Gasteiger partial charge in [-0.2, -0.15) is 0 Å². The van der Waals surface area contributed by atoms with Crippen LogP contribution >= 0.6 is 0 Å². The maximum atomic E-state index is 11.8. The smallest absolute Gasteiger partial charge is 0.311 e. The van der Waals surface area contributed by atoms with Gasteiger partial charge in [0.2, 0.25) is 5.91 Å². The van der Waals surface area contributed by atoms with E-state index in [1.807, 2.05) is 0 Å². The molecule has 2 unspecified atom stereocenters. The van der Waals surface area contributed by atoms with Gasteiger partial charge in [-0.3, -0.25) is 9.59 Å². The number of aliphatic carboxylic acids is 1. The molecule has 1 aliphatic rings. The van der Waals surface area contributed by atoms with E-state index in [2.05, 4.69) is 4.74 Å². The summed E-state index contributed by atoms with van der Waals surface area (Å²) in [4.78, 5) is 24.0. The van der Waals surface area contributed by atoms with Crippen molar-refractivity contribution in [2.24, 2.45) is 5.92 Å². The fourth-order valence-corrected chi connectivity index (χ4v) is 1.85. The molecule has 6 nitrogen and oxygen atoms in total. The molecule has 2 atom stereocenters. The number of carbonyl (C=O) groups excluding carboxylic acids is 1. The largest absolute Gasteiger partial charge is 0.481 e. The second kappa shape index (κ2) is 7.34. The molecule has 1 aliphatic heterocycles. The second-order valence-corrected chi connectivity index (χ2v) is 4.27. The summed E-state index contributed by atoms with van der Waals surface area (Å²) in [5.41, 5.74) is 0. The van der Waals surface area contributed by atoms with Crippen molar-refractivity contribution in [3.05, 3.63) is 0 Å². The monoisotopic (exact) mass is 281 g/mol. The average Bonchev–Trinajstić information content (AvgIpc) is 2.82. The third-order valence-electron chi connectivity index (χ3n) is 2.96. The van der Waals surface area contributed by atoms with Gasteiger partial charge in [0.25, 0.3) is 6.43 Å². The lowest BCUT2D eigenvalue weighted by atomic mass is 10.0. The lowest BCUT2D eigenvalue weighted by Crippen LogP contribution is -2.44. The molecule has 110 valence electrons. The van der Waals surface area contributed by atoms with Crippen molar-refractivity contribution >= 4 is 11.9 Å². The van der Waals surface area contributed by atoms with Gasteiger partial charge in [0.1, 0.15) is 12.5 Å². The molecule has 0 spiro atoms. The number of ether oxygens (including phenoxy) is 2. The molecule has 19 heavy (non-hydrogen) atoms. The number of alkyl halides is 2. The molecule has 0 saturated carbocycles. The number of amides is 1. The van der Waals surface area contributed by atoms with Gasteiger partial charge in [-0.05, 0) is 0 Å². The number of carbonyl (C=O) groups is 2. The van der Waals surface area contributed by atoms with E-state index >= 15 is 0 Å². The number of halogens is 2. The van der Waals surface area contributed by atoms with Crippen LogP contribution in [0.1, 0.15) is 6.42 Å². The zero-order valence-corrected chi connectivity index (χ0v) is 10.6. The summed E-state index contributed by atoms with van der Waals surface area (Å²) in [6.45, 7) is -0.587. The Morgan fingerprint density at radius 2 is 2.16 bits per heavy atom. The predicted molar refractivity (Wildman–Crippen MR) is 59.9 cm³/mol. The lowest BCUT2D eigenvalue weighted by Gasteiger charge is -2.26. The van der Waals surface area contributed by atoms with Crippen LogP contribution in [0.15, 0.2) is 0 Å². The highest BCUT2D eigenvalue weighted by Gasteiger charge is 2.38. The molecule has 0 aromatic carbocycles. The molecular weight excluding hydrogens is 264 g/mol. The first-order valence-corrected chi connectivity index (χ1v) is 5.85. The van der Waals surface area contributed by atoms with Gasteiger partial charge >= 0.3 is 5.97 Å². The molecule has 0 aromatic rings. The highest BCUT2D eigenvalue weighted by molar-refractivity contribution is 5.78. The van der Waals surface area contributed by atoms with Gasteiger partial charge in [-0.15, -0.1) is 0 Å². The van der Waals surface area contributed by atoms with E-state index < -0.39 is 31.0 Å². The Morgan fingerprint density at radius 1 is 1.47 bits per heavy atom. The van der Waals surface area contributed by atoms with Gasteiger partial charge in [-0.1, -0.05) is 0 Å². The normalized spacial score (nSPS) is 22.7. The van der Waals surface area contributed by atoms with Crippen molar-refractivity contribution in [2.45, 2.75) is 18.9 Å². The molecule has 0 aliphatic carbocycles. The summed E-state index contributed by atoms with van der Waals surface area (Å²) in [6.07, 6.45) is -2.63. The van der Waals surface area contributed by atoms with Crippen LogP contribution in [0.3, 0.4) is 0 Å². The zero-order chi connectivity index (χ0) is 14.4. The van der Waals surface area contributed by atoms with Crippen molar-refractivity contribution in [3.63, 3.8) is 0 Å². The minimum Gasteiger partial charge on any atom is -0.481 e. The van der Waals surface area contributed by atoms with Crippen LogP contribution in [-0.4, -0.2) is 67.8 Å². The van der Waals surface area contributed by atoms with Gasteiger partial charge in [0.05, 0.1) is 32.3 Å². The summed E-state index contributed by atoms with van der Waals surface area (Å²) in [7, 11) is 1.48. The van der Waals surface area contributed by atoms with E-state index in [0.717, 1.165) is 0 Å². The zero-order valence-electron chi connectivity index (χ0n) is 10.6. The summed E-state index contributed by atoms with van der Waals surface area (Å²) >= 11 is 0. The number of carboxylic acid groups (broad SMARTS) is 1. The fraction of sp³-hybridized carbons (Fsp3) is 0.818. The van der Waals surface area contributed by atoms with Crippen LogP contribution in [0.5, 0.6) is 0 Å². The van der Waals surface area contributed by atoms with Gasteiger partial charge in [-0.25, -0.2) is 8.78 Å². The van der Waals surface area contributed by atoms with Crippen LogP contribution in [-0.2, 0) is 19.1 Å². The Bertz CT molecular complexity index is 326. The van der Waals surface area contributed by atoms with E-state index in [1.165, 1.54) is 11.9 Å². The van der Waals surface area contributed by atoms with Crippen LogP contribution in [0.25, 0.3) is 0 Å². The van der Waals surface area contributed by atoms with Gasteiger partial charge in [0.15, 0.2) is 0 Å². The molecule has 0 aromatic heterocycles. The van der Waals surface area contributed by atoms with Crippen molar-refractivity contribution < 1.29 is 33.0 Å². The Morgan fingerprint density at radius 3 is 2.74 bits per heavy atom. The van der Waals surface area contributed by atoms with E-state index in [-0.39, 0.29) is 32.1 Å². The van der Waals surface area contributed by atoms with E-state index in [9.17, 15) is 18.4 Å². The Kier molecular flexibility index (Phi) is 6.10. The first-order chi connectivity index (χ1) is 8.93. The second-order valence-electron chi connectivity index (χ2n) is 4.27. The summed E-state index contributed by atoms with van der Waals surface area (Å²) < 4.78 is 33.3. The molecule has 1 saturated heterocycles. The highest BCUT2D eigenvalue weighted by Crippen LogP contribution is 2.19. The maximum Gasteiger partial charge on any atom is 0.311 e. The quantitative estimate of drug-likeness (QED) is 0.675. The predicted octanol–water partition coefficient (Wildman–Crippen LogP) is 0.216. The summed E-state index contributed by atoms with van der Waals surface area (Å²) in [6, 6.07) is -0.528. The minimum absolute atomic E-state index is 0.0634. The maximum absolute atomic E-state index is 11.8. The van der Waals surface area contributed by atoms with Crippen LogP contribution < -0.4 is 0 Å². The highest BCUT2D eigenvalue weighted by atomic mass is 19.3. The van der Waals surface area contributed by atoms with Gasteiger partial charge < -0.3 is 19.5 Å². The van der Waals surface area contributed by atoms with E-state index in [0.29, 0.717) is 0 Å². The van der Waals surface area contributed by atoms with Crippen LogP contribution in [0.2, 0.25) is 0 Å². The topological polar surface area (TPSA) is 76.1 Å². The summed E-state index contributed by atoms with van der Waals surface area (Å²) in [5.74, 6) is -2.12. The molecular formula is C11H17F2NO5. The summed E-state index contributed by atoms with van der Waals surface area (Å²) in [5, 5.41) is 8.96. The van der Waals surface area contributed by atoms with E-state index in [4.69, 9.17) is 9.84 Å². The Hall–Kier alpha value is -1.28. The SMILES string of the molecule is CN(C(=O)CCOCC(F)F)C1COCC1C(=O)O. The number of carboxylic acids is 1. The van der Waals surface area contributed by atoms with Crippen molar-refractivity contribution in [1.29, 1.82) is 0 Å². The van der Waals surface area contributed by atoms with Gasteiger partial charge in [0, 0.05) is 7.05 Å². The number of likely N-dealkylation sites (N-methyl/N-ethyl adjacent to an activating group) is 1. The van der Waals surface area contributed by atoms with Crippen molar-refractivity contribution in [2.75, 3.05) is 33.5 Å². The standard InChI is InChI=1S/C11H17F2NO5/c1-14(8-5-19-4-7(8)11(16)17)10(15)2-3-18-6-9(12)13/h7-9H,2-6H2,1H3,(H,16,17). The molecule has 1 fully saturated rings. The van der Waals surface area contributed by atoms with Crippen LogP contribution in [0.4, 0.5) is 8.78 Å². The number of rotatable bonds is 7. The van der Waals surface area contributed by atoms with Crippen molar-refractivity contribution in [3.8, 4) is 0 Å².